The zero-order valence-electron chi connectivity index (χ0n) is 14.7. The van der Waals surface area contributed by atoms with Crippen molar-refractivity contribution in [3.05, 3.63) is 47.7 Å². The van der Waals surface area contributed by atoms with Gasteiger partial charge in [0.2, 0.25) is 0 Å². The molecule has 0 bridgehead atoms. The van der Waals surface area contributed by atoms with Crippen molar-refractivity contribution in [3.63, 3.8) is 0 Å². The monoisotopic (exact) mass is 389 g/mol. The second-order valence-electron chi connectivity index (χ2n) is 6.28. The van der Waals surface area contributed by atoms with E-state index in [9.17, 15) is 23.1 Å². The van der Waals surface area contributed by atoms with Gasteiger partial charge in [0.25, 0.3) is 10.0 Å². The highest BCUT2D eigenvalue weighted by Gasteiger charge is 2.22. The van der Waals surface area contributed by atoms with Crippen molar-refractivity contribution in [1.82, 2.24) is 4.98 Å². The van der Waals surface area contributed by atoms with Crippen LogP contribution < -0.4 is 9.62 Å². The molecule has 9 heteroatoms. The highest BCUT2D eigenvalue weighted by atomic mass is 32.2. The summed E-state index contributed by atoms with van der Waals surface area (Å²) in [6.45, 7) is 2.84. The normalized spacial score (nSPS) is 14.2. The molecule has 3 rings (SSSR count). The largest absolute Gasteiger partial charge is 0.478 e. The summed E-state index contributed by atoms with van der Waals surface area (Å²) >= 11 is 0. The van der Waals surface area contributed by atoms with E-state index < -0.39 is 16.0 Å². The van der Waals surface area contributed by atoms with Crippen molar-refractivity contribution in [2.75, 3.05) is 22.7 Å². The summed E-state index contributed by atoms with van der Waals surface area (Å²) in [7, 11) is -3.94. The Morgan fingerprint density at radius 3 is 2.33 bits per heavy atom. The minimum absolute atomic E-state index is 0.0343. The number of rotatable bonds is 6. The van der Waals surface area contributed by atoms with Gasteiger partial charge in [0.05, 0.1) is 16.8 Å². The molecule has 0 spiro atoms. The second-order valence-corrected chi connectivity index (χ2v) is 7.96. The summed E-state index contributed by atoms with van der Waals surface area (Å²) < 4.78 is 27.4. The molecule has 1 saturated heterocycles. The number of nitrogens with one attached hydrogen (secondary N) is 1. The first-order chi connectivity index (χ1) is 12.8. The third-order valence-electron chi connectivity index (χ3n) is 4.33. The van der Waals surface area contributed by atoms with E-state index >= 15 is 0 Å². The lowest BCUT2D eigenvalue weighted by molar-refractivity contribution is 0.0697. The van der Waals surface area contributed by atoms with Gasteiger partial charge in [0.1, 0.15) is 11.4 Å². The van der Waals surface area contributed by atoms with E-state index in [-0.39, 0.29) is 21.9 Å². The fourth-order valence-corrected chi connectivity index (χ4v) is 3.97. The highest BCUT2D eigenvalue weighted by molar-refractivity contribution is 7.92. The number of carbonyl (C=O) groups is 2. The molecule has 0 amide bonds. The number of carbonyl (C=O) groups excluding carboxylic acids is 1. The van der Waals surface area contributed by atoms with Gasteiger partial charge >= 0.3 is 5.97 Å². The number of benzene rings is 1. The van der Waals surface area contributed by atoms with Gasteiger partial charge in [-0.05, 0) is 38.0 Å². The molecule has 2 aromatic rings. The first kappa shape index (κ1) is 18.8. The van der Waals surface area contributed by atoms with Gasteiger partial charge < -0.3 is 10.0 Å². The maximum absolute atomic E-state index is 12.5. The molecule has 1 aromatic carbocycles. The van der Waals surface area contributed by atoms with Crippen LogP contribution in [0, 0.1) is 0 Å². The molecular weight excluding hydrogens is 370 g/mol. The summed E-state index contributed by atoms with van der Waals surface area (Å²) in [5.41, 5.74) is 0.411. The predicted molar refractivity (Wildman–Crippen MR) is 99.9 cm³/mol. The quantitative estimate of drug-likeness (QED) is 0.729. The van der Waals surface area contributed by atoms with E-state index in [1.54, 1.807) is 0 Å². The molecule has 27 heavy (non-hydrogen) atoms. The minimum atomic E-state index is -3.94. The molecular formula is C18H19N3O5S. The summed E-state index contributed by atoms with van der Waals surface area (Å²) in [6.07, 6.45) is 3.23. The zero-order valence-corrected chi connectivity index (χ0v) is 15.5. The van der Waals surface area contributed by atoms with E-state index in [4.69, 9.17) is 0 Å². The lowest BCUT2D eigenvalue weighted by Crippen LogP contribution is -2.22. The number of hydrogen-bond acceptors (Lipinski definition) is 6. The van der Waals surface area contributed by atoms with Crippen LogP contribution in [-0.2, 0) is 10.0 Å². The first-order valence-electron chi connectivity index (χ1n) is 8.40. The third-order valence-corrected chi connectivity index (χ3v) is 5.72. The van der Waals surface area contributed by atoms with E-state index in [2.05, 4.69) is 9.71 Å². The van der Waals surface area contributed by atoms with Crippen LogP contribution in [0.5, 0.6) is 0 Å². The minimum Gasteiger partial charge on any atom is -0.478 e. The number of aromatic nitrogens is 1. The van der Waals surface area contributed by atoms with Crippen molar-refractivity contribution in [2.24, 2.45) is 0 Å². The second kappa shape index (κ2) is 7.36. The number of nitrogens with zero attached hydrogens (tertiary/aromatic N) is 2. The average Bonchev–Trinajstić information content (AvgIpc) is 3.16. The van der Waals surface area contributed by atoms with Gasteiger partial charge in [-0.3, -0.25) is 9.52 Å². The Morgan fingerprint density at radius 1 is 1.15 bits per heavy atom. The number of anilines is 2. The molecule has 0 atom stereocenters. The van der Waals surface area contributed by atoms with Crippen LogP contribution in [0.15, 0.2) is 41.4 Å². The van der Waals surface area contributed by atoms with Crippen LogP contribution in [0.4, 0.5) is 11.5 Å². The number of ketones is 1. The zero-order chi connectivity index (χ0) is 19.6. The molecule has 2 N–H and O–H groups in total. The SMILES string of the molecule is CC(=O)c1ccc(S(=O)(=O)Nc2cnc(N3CCCC3)c(C(=O)O)c2)cc1. The topological polar surface area (TPSA) is 117 Å². The Labute approximate surface area is 156 Å². The van der Waals surface area contributed by atoms with Gasteiger partial charge in [-0.2, -0.15) is 0 Å². The van der Waals surface area contributed by atoms with E-state index in [1.807, 2.05) is 4.90 Å². The molecule has 0 unspecified atom stereocenters. The first-order valence-corrected chi connectivity index (χ1v) is 9.88. The Morgan fingerprint density at radius 2 is 1.78 bits per heavy atom. The Balaban J connectivity index is 1.88. The number of hydrogen-bond donors (Lipinski definition) is 2. The van der Waals surface area contributed by atoms with Crippen LogP contribution in [0.2, 0.25) is 0 Å². The predicted octanol–water partition coefficient (Wildman–Crippen LogP) is 2.38. The Bertz CT molecular complexity index is 981. The molecule has 2 heterocycles. The fourth-order valence-electron chi connectivity index (χ4n) is 2.93. The van der Waals surface area contributed by atoms with Crippen LogP contribution in [0.25, 0.3) is 0 Å². The molecule has 1 aromatic heterocycles. The molecule has 0 aliphatic carbocycles. The van der Waals surface area contributed by atoms with Gasteiger partial charge in [-0.1, -0.05) is 12.1 Å². The van der Waals surface area contributed by atoms with E-state index in [0.717, 1.165) is 25.9 Å². The van der Waals surface area contributed by atoms with Crippen LogP contribution in [-0.4, -0.2) is 43.4 Å². The summed E-state index contributed by atoms with van der Waals surface area (Å²) in [5, 5.41) is 9.47. The average molecular weight is 389 g/mol. The van der Waals surface area contributed by atoms with Gasteiger partial charge in [-0.15, -0.1) is 0 Å². The Kier molecular flexibility index (Phi) is 5.13. The van der Waals surface area contributed by atoms with Crippen LogP contribution in [0.1, 0.15) is 40.5 Å². The van der Waals surface area contributed by atoms with E-state index in [0.29, 0.717) is 11.4 Å². The van der Waals surface area contributed by atoms with Gasteiger partial charge in [0, 0.05) is 18.7 Å². The molecule has 1 fully saturated rings. The van der Waals surface area contributed by atoms with Crippen LogP contribution in [0.3, 0.4) is 0 Å². The van der Waals surface area contributed by atoms with E-state index in [1.165, 1.54) is 43.5 Å². The highest BCUT2D eigenvalue weighted by Crippen LogP contribution is 2.26. The van der Waals surface area contributed by atoms with Gasteiger partial charge in [-0.25, -0.2) is 18.2 Å². The molecule has 8 nitrogen and oxygen atoms in total. The Hall–Kier alpha value is -2.94. The van der Waals surface area contributed by atoms with Crippen molar-refractivity contribution in [3.8, 4) is 0 Å². The number of aromatic carboxylic acids is 1. The lowest BCUT2D eigenvalue weighted by atomic mass is 10.2. The standard InChI is InChI=1S/C18H19N3O5S/c1-12(22)13-4-6-15(7-5-13)27(25,26)20-14-10-16(18(23)24)17(19-11-14)21-8-2-3-9-21/h4-7,10-11,20H,2-3,8-9H2,1H3,(H,23,24). The number of carboxylic acids is 1. The van der Waals surface area contributed by atoms with Crippen molar-refractivity contribution >= 4 is 33.3 Å². The van der Waals surface area contributed by atoms with Crippen molar-refractivity contribution in [2.45, 2.75) is 24.7 Å². The number of pyridine rings is 1. The molecule has 1 aliphatic heterocycles. The molecule has 0 saturated carbocycles. The summed E-state index contributed by atoms with van der Waals surface area (Å²) in [5.74, 6) is -0.996. The third kappa shape index (κ3) is 4.08. The number of carboxylic acid groups (broad SMARTS) is 1. The smallest absolute Gasteiger partial charge is 0.339 e. The molecule has 0 radical (unpaired) electrons. The van der Waals surface area contributed by atoms with Gasteiger partial charge in [0.15, 0.2) is 5.78 Å². The maximum atomic E-state index is 12.5. The van der Waals surface area contributed by atoms with Crippen molar-refractivity contribution < 1.29 is 23.1 Å². The number of sulfonamides is 1. The fraction of sp³-hybridized carbons (Fsp3) is 0.278. The lowest BCUT2D eigenvalue weighted by Gasteiger charge is -2.19. The molecule has 1 aliphatic rings. The summed E-state index contributed by atoms with van der Waals surface area (Å²) in [6, 6.07) is 6.76. The van der Waals surface area contributed by atoms with Crippen LogP contribution >= 0.6 is 0 Å². The summed E-state index contributed by atoms with van der Waals surface area (Å²) in [4.78, 5) is 28.9. The maximum Gasteiger partial charge on any atom is 0.339 e. The van der Waals surface area contributed by atoms with Crippen molar-refractivity contribution in [1.29, 1.82) is 0 Å². The molecule has 142 valence electrons. The number of Topliss-reactive ketones (excluding diaryl/α,β-unsaturated/α-hetero) is 1.